The first-order valence-corrected chi connectivity index (χ1v) is 20.6. The third-order valence-corrected chi connectivity index (χ3v) is 11.7. The number of hydrogen-bond acceptors (Lipinski definition) is 1. The van der Waals surface area contributed by atoms with Crippen LogP contribution >= 0.6 is 0 Å². The first-order valence-electron chi connectivity index (χ1n) is 20.6. The Kier molecular flexibility index (Phi) is 8.87. The maximum Gasteiger partial charge on any atom is 0.0547 e. The summed E-state index contributed by atoms with van der Waals surface area (Å²) >= 11 is 0. The predicted molar refractivity (Wildman–Crippen MR) is 255 cm³/mol. The fraction of sp³-hybridized carbons (Fsp3) is 0. The van der Waals surface area contributed by atoms with Gasteiger partial charge in [-0.15, -0.1) is 0 Å². The first-order chi connectivity index (χ1) is 29.7. The van der Waals surface area contributed by atoms with Crippen LogP contribution in [-0.2, 0) is 0 Å². The Morgan fingerprint density at radius 2 is 0.717 bits per heavy atom. The zero-order chi connectivity index (χ0) is 39.8. The van der Waals surface area contributed by atoms with Gasteiger partial charge in [0.1, 0.15) is 0 Å². The number of benzene rings is 10. The molecule has 0 saturated carbocycles. The number of anilines is 3. The van der Waals surface area contributed by atoms with E-state index in [1.165, 1.54) is 66.0 Å². The largest absolute Gasteiger partial charge is 0.310 e. The van der Waals surface area contributed by atoms with Crippen molar-refractivity contribution in [1.29, 1.82) is 0 Å². The highest BCUT2D eigenvalue weighted by atomic mass is 15.1. The zero-order valence-corrected chi connectivity index (χ0v) is 33.0. The molecule has 1 heterocycles. The van der Waals surface area contributed by atoms with Crippen LogP contribution in [0.5, 0.6) is 0 Å². The summed E-state index contributed by atoms with van der Waals surface area (Å²) in [7, 11) is 0. The van der Waals surface area contributed by atoms with Crippen molar-refractivity contribution in [2.45, 2.75) is 0 Å². The van der Waals surface area contributed by atoms with E-state index in [4.69, 9.17) is 0 Å². The van der Waals surface area contributed by atoms with Gasteiger partial charge < -0.3 is 9.47 Å². The highest BCUT2D eigenvalue weighted by Gasteiger charge is 2.17. The van der Waals surface area contributed by atoms with Crippen LogP contribution in [0.25, 0.3) is 82.8 Å². The Morgan fingerprint density at radius 1 is 0.250 bits per heavy atom. The van der Waals surface area contributed by atoms with Crippen LogP contribution in [0.1, 0.15) is 0 Å². The lowest BCUT2D eigenvalue weighted by Crippen LogP contribution is -2.10. The van der Waals surface area contributed by atoms with Gasteiger partial charge in [0.15, 0.2) is 0 Å². The maximum absolute atomic E-state index is 2.42. The Balaban J connectivity index is 0.997. The van der Waals surface area contributed by atoms with Crippen LogP contribution in [0.3, 0.4) is 0 Å². The van der Waals surface area contributed by atoms with Crippen molar-refractivity contribution in [3.8, 4) is 50.2 Å². The molecule has 0 bridgehead atoms. The molecule has 11 rings (SSSR count). The van der Waals surface area contributed by atoms with Crippen molar-refractivity contribution in [3.63, 3.8) is 0 Å². The van der Waals surface area contributed by atoms with Gasteiger partial charge in [-0.1, -0.05) is 170 Å². The average Bonchev–Trinajstić information content (AvgIpc) is 3.65. The number of nitrogens with zero attached hydrogens (tertiary/aromatic N) is 2. The summed E-state index contributed by atoms with van der Waals surface area (Å²) in [6, 6.07) is 87.9. The molecule has 0 aliphatic carbocycles. The second kappa shape index (κ2) is 15.1. The van der Waals surface area contributed by atoms with E-state index in [0.29, 0.717) is 0 Å². The Morgan fingerprint density at radius 3 is 1.38 bits per heavy atom. The van der Waals surface area contributed by atoms with E-state index >= 15 is 0 Å². The molecule has 60 heavy (non-hydrogen) atoms. The molecule has 0 spiro atoms. The fourth-order valence-electron chi connectivity index (χ4n) is 8.78. The van der Waals surface area contributed by atoms with Gasteiger partial charge in [0.05, 0.1) is 11.0 Å². The van der Waals surface area contributed by atoms with E-state index in [0.717, 1.165) is 33.9 Å². The predicted octanol–water partition coefficient (Wildman–Crippen LogP) is 16.1. The van der Waals surface area contributed by atoms with Crippen molar-refractivity contribution >= 4 is 49.6 Å². The van der Waals surface area contributed by atoms with E-state index < -0.39 is 0 Å². The van der Waals surface area contributed by atoms with E-state index in [9.17, 15) is 0 Å². The average molecular weight is 765 g/mol. The van der Waals surface area contributed by atoms with Crippen molar-refractivity contribution in [3.05, 3.63) is 243 Å². The maximum atomic E-state index is 2.42. The molecule has 2 nitrogen and oxygen atoms in total. The Bertz CT molecular complexity index is 3290. The normalized spacial score (nSPS) is 11.3. The minimum absolute atomic E-state index is 1.09. The summed E-state index contributed by atoms with van der Waals surface area (Å²) in [5.41, 5.74) is 16.3. The van der Waals surface area contributed by atoms with E-state index in [1.807, 2.05) is 0 Å². The molecule has 0 aliphatic rings. The van der Waals surface area contributed by atoms with Gasteiger partial charge in [0.25, 0.3) is 0 Å². The van der Waals surface area contributed by atoms with Crippen molar-refractivity contribution in [2.24, 2.45) is 0 Å². The van der Waals surface area contributed by atoms with Gasteiger partial charge in [-0.3, -0.25) is 0 Å². The summed E-state index contributed by atoms with van der Waals surface area (Å²) in [4.78, 5) is 2.37. The summed E-state index contributed by atoms with van der Waals surface area (Å²) < 4.78 is 2.42. The highest BCUT2D eigenvalue weighted by molar-refractivity contribution is 6.13. The number of fused-ring (bicyclic) bond motifs is 4. The van der Waals surface area contributed by atoms with Gasteiger partial charge in [0, 0.05) is 33.5 Å². The molecule has 0 N–H and O–H groups in total. The minimum Gasteiger partial charge on any atom is -0.310 e. The molecule has 0 unspecified atom stereocenters. The molecular formula is C58H40N2. The lowest BCUT2D eigenvalue weighted by atomic mass is 9.98. The van der Waals surface area contributed by atoms with Crippen molar-refractivity contribution in [2.75, 3.05) is 4.90 Å². The SMILES string of the molecule is c1ccc(-c2ccc(N(c3ccc(-c4cccc(-c5ccccc5)c4)cc3)c3cccc(-c4cccc(-n5c6ccccc6c6cc7ccccc7cc65)c4)c3)cc2)cc1. The minimum atomic E-state index is 1.09. The molecule has 0 fully saturated rings. The number of hydrogen-bond donors (Lipinski definition) is 0. The van der Waals surface area contributed by atoms with Crippen LogP contribution in [0.15, 0.2) is 243 Å². The Hall–Kier alpha value is -7.94. The van der Waals surface area contributed by atoms with Crippen LogP contribution in [-0.4, -0.2) is 4.57 Å². The van der Waals surface area contributed by atoms with Crippen molar-refractivity contribution < 1.29 is 0 Å². The second-order valence-corrected chi connectivity index (χ2v) is 15.4. The molecule has 282 valence electrons. The molecule has 0 atom stereocenters. The van der Waals surface area contributed by atoms with Crippen molar-refractivity contribution in [1.82, 2.24) is 4.57 Å². The van der Waals surface area contributed by atoms with Crippen LogP contribution in [0, 0.1) is 0 Å². The number of rotatable bonds is 8. The molecule has 0 saturated heterocycles. The smallest absolute Gasteiger partial charge is 0.0547 e. The monoisotopic (exact) mass is 764 g/mol. The summed E-state index contributed by atoms with van der Waals surface area (Å²) in [6.07, 6.45) is 0. The van der Waals surface area contributed by atoms with Gasteiger partial charge in [-0.2, -0.15) is 0 Å². The van der Waals surface area contributed by atoms with E-state index in [-0.39, 0.29) is 0 Å². The summed E-state index contributed by atoms with van der Waals surface area (Å²) in [5, 5.41) is 5.02. The van der Waals surface area contributed by atoms with E-state index in [2.05, 4.69) is 252 Å². The van der Waals surface area contributed by atoms with Gasteiger partial charge in [-0.05, 0) is 128 Å². The van der Waals surface area contributed by atoms with Crippen LogP contribution in [0.4, 0.5) is 17.1 Å². The second-order valence-electron chi connectivity index (χ2n) is 15.4. The number of para-hydroxylation sites is 1. The molecule has 1 aromatic heterocycles. The van der Waals surface area contributed by atoms with Crippen LogP contribution in [0.2, 0.25) is 0 Å². The highest BCUT2D eigenvalue weighted by Crippen LogP contribution is 2.40. The quantitative estimate of drug-likeness (QED) is 0.150. The van der Waals surface area contributed by atoms with E-state index in [1.54, 1.807) is 0 Å². The zero-order valence-electron chi connectivity index (χ0n) is 33.0. The molecule has 2 heteroatoms. The topological polar surface area (TPSA) is 8.17 Å². The third-order valence-electron chi connectivity index (χ3n) is 11.7. The molecule has 11 aromatic rings. The molecular weight excluding hydrogens is 725 g/mol. The summed E-state index contributed by atoms with van der Waals surface area (Å²) in [6.45, 7) is 0. The fourth-order valence-corrected chi connectivity index (χ4v) is 8.78. The van der Waals surface area contributed by atoms with Gasteiger partial charge >= 0.3 is 0 Å². The van der Waals surface area contributed by atoms with Crippen LogP contribution < -0.4 is 4.90 Å². The first kappa shape index (κ1) is 35.2. The standard InChI is InChI=1S/C58H40N2/c1-3-14-41(15-4-1)43-28-32-51(33-29-43)59(52-34-30-44(31-35-52)46-21-11-20-45(36-46)42-16-5-2-6-17-42)53-24-12-22-47(37-53)48-23-13-25-54(38-48)60-57-27-10-9-26-55(57)56-39-49-18-7-8-19-50(49)40-58(56)60/h1-40H. The third kappa shape index (κ3) is 6.51. The van der Waals surface area contributed by atoms with Gasteiger partial charge in [-0.25, -0.2) is 0 Å². The van der Waals surface area contributed by atoms with Gasteiger partial charge in [0.2, 0.25) is 0 Å². The lowest BCUT2D eigenvalue weighted by Gasteiger charge is -2.26. The Labute approximate surface area is 350 Å². The summed E-state index contributed by atoms with van der Waals surface area (Å²) in [5.74, 6) is 0. The number of aromatic nitrogens is 1. The molecule has 10 aromatic carbocycles. The molecule has 0 amide bonds. The molecule has 0 aliphatic heterocycles. The molecule has 0 radical (unpaired) electrons. The lowest BCUT2D eigenvalue weighted by molar-refractivity contribution is 1.18.